The van der Waals surface area contributed by atoms with Gasteiger partial charge in [-0.2, -0.15) is 0 Å². The van der Waals surface area contributed by atoms with Gasteiger partial charge in [0.05, 0.1) is 9.93 Å². The summed E-state index contributed by atoms with van der Waals surface area (Å²) in [4.78, 5) is 39.7. The number of nitrogens with zero attached hydrogens (tertiary/aromatic N) is 2. The van der Waals surface area contributed by atoms with Gasteiger partial charge in [-0.15, -0.1) is 0 Å². The van der Waals surface area contributed by atoms with Crippen LogP contribution in [0.2, 0.25) is 5.02 Å². The average molecular weight is 397 g/mol. The van der Waals surface area contributed by atoms with Crippen molar-refractivity contribution in [1.29, 1.82) is 0 Å². The van der Waals surface area contributed by atoms with E-state index in [4.69, 9.17) is 11.6 Å². The van der Waals surface area contributed by atoms with Gasteiger partial charge in [0.1, 0.15) is 12.4 Å². The van der Waals surface area contributed by atoms with Gasteiger partial charge in [-0.25, -0.2) is 4.39 Å². The third-order valence-corrected chi connectivity index (χ3v) is 5.82. The van der Waals surface area contributed by atoms with Crippen molar-refractivity contribution < 1.29 is 18.8 Å². The Morgan fingerprint density at radius 2 is 2.04 bits per heavy atom. The van der Waals surface area contributed by atoms with Gasteiger partial charge in [0.2, 0.25) is 5.91 Å². The maximum Gasteiger partial charge on any atom is 0.294 e. The molecule has 0 unspecified atom stereocenters. The number of likely N-dealkylation sites (tertiary alicyclic amines) is 1. The van der Waals surface area contributed by atoms with Gasteiger partial charge in [0.25, 0.3) is 11.1 Å². The van der Waals surface area contributed by atoms with E-state index in [0.717, 1.165) is 17.7 Å². The maximum absolute atomic E-state index is 13.9. The summed E-state index contributed by atoms with van der Waals surface area (Å²) in [5.74, 6) is -0.852. The van der Waals surface area contributed by atoms with Crippen LogP contribution < -0.4 is 0 Å². The molecule has 2 aliphatic heterocycles. The van der Waals surface area contributed by atoms with Crippen molar-refractivity contribution in [2.75, 3.05) is 19.6 Å². The molecule has 0 spiro atoms. The molecule has 2 heterocycles. The molecule has 2 fully saturated rings. The molecule has 0 N–H and O–H groups in total. The van der Waals surface area contributed by atoms with E-state index < -0.39 is 17.0 Å². The summed E-state index contributed by atoms with van der Waals surface area (Å²) in [6.45, 7) is 3.12. The van der Waals surface area contributed by atoms with Crippen LogP contribution in [-0.2, 0) is 9.59 Å². The van der Waals surface area contributed by atoms with Crippen LogP contribution in [0.25, 0.3) is 6.08 Å². The van der Waals surface area contributed by atoms with Crippen LogP contribution >= 0.6 is 23.4 Å². The first-order valence-electron chi connectivity index (χ1n) is 8.34. The maximum atomic E-state index is 13.9. The normalized spacial score (nSPS) is 20.3. The number of rotatable bonds is 3. The van der Waals surface area contributed by atoms with Crippen molar-refractivity contribution in [2.45, 2.75) is 19.8 Å². The average Bonchev–Trinajstić information content (AvgIpc) is 2.86. The number of hydrogen-bond donors (Lipinski definition) is 0. The standard InChI is InChI=1S/C18H18ClFN2O3S/c1-11-5-7-21(8-6-11)16(23)10-22-17(24)15(26-18(22)25)9-12-13(19)3-2-4-14(12)20/h2-4,9,11H,5-8,10H2,1H3/b15-9-. The van der Waals surface area contributed by atoms with E-state index in [-0.39, 0.29) is 27.9 Å². The Bertz CT molecular complexity index is 770. The summed E-state index contributed by atoms with van der Waals surface area (Å²) in [6.07, 6.45) is 3.09. The molecule has 3 rings (SSSR count). The van der Waals surface area contributed by atoms with Gasteiger partial charge in [0, 0.05) is 18.7 Å². The molecule has 0 aromatic heterocycles. The molecule has 1 aromatic rings. The van der Waals surface area contributed by atoms with Crippen molar-refractivity contribution in [2.24, 2.45) is 5.92 Å². The van der Waals surface area contributed by atoms with E-state index in [2.05, 4.69) is 6.92 Å². The number of thioether (sulfide) groups is 1. The highest BCUT2D eigenvalue weighted by Crippen LogP contribution is 2.34. The van der Waals surface area contributed by atoms with Crippen LogP contribution in [0, 0.1) is 11.7 Å². The number of carbonyl (C=O) groups is 3. The fourth-order valence-electron chi connectivity index (χ4n) is 2.91. The zero-order chi connectivity index (χ0) is 18.8. The SMILES string of the molecule is CC1CCN(C(=O)CN2C(=O)S/C(=C\c3c(F)cccc3Cl)C2=O)CC1. The zero-order valence-electron chi connectivity index (χ0n) is 14.2. The molecule has 138 valence electrons. The van der Waals surface area contributed by atoms with Gasteiger partial charge in [0.15, 0.2) is 0 Å². The van der Waals surface area contributed by atoms with Crippen molar-refractivity contribution >= 4 is 46.5 Å². The van der Waals surface area contributed by atoms with Crippen LogP contribution in [0.3, 0.4) is 0 Å². The number of amides is 3. The lowest BCUT2D eigenvalue weighted by Crippen LogP contribution is -2.45. The fraction of sp³-hybridized carbons (Fsp3) is 0.389. The van der Waals surface area contributed by atoms with Crippen LogP contribution in [-0.4, -0.2) is 46.5 Å². The predicted molar refractivity (Wildman–Crippen MR) is 99.1 cm³/mol. The van der Waals surface area contributed by atoms with Gasteiger partial charge >= 0.3 is 0 Å². The Hall–Kier alpha value is -1.86. The molecule has 26 heavy (non-hydrogen) atoms. The number of benzene rings is 1. The number of piperidine rings is 1. The Labute approximate surface area is 160 Å². The van der Waals surface area contributed by atoms with Crippen LogP contribution in [0.15, 0.2) is 23.1 Å². The van der Waals surface area contributed by atoms with E-state index in [1.54, 1.807) is 4.90 Å². The quantitative estimate of drug-likeness (QED) is 0.730. The first-order chi connectivity index (χ1) is 12.4. The van der Waals surface area contributed by atoms with Crippen molar-refractivity contribution in [3.63, 3.8) is 0 Å². The molecule has 0 saturated carbocycles. The summed E-state index contributed by atoms with van der Waals surface area (Å²) < 4.78 is 13.9. The van der Waals surface area contributed by atoms with Gasteiger partial charge in [-0.3, -0.25) is 19.3 Å². The zero-order valence-corrected chi connectivity index (χ0v) is 15.8. The summed E-state index contributed by atoms with van der Waals surface area (Å²) in [6, 6.07) is 4.18. The summed E-state index contributed by atoms with van der Waals surface area (Å²) >= 11 is 6.65. The third-order valence-electron chi connectivity index (χ3n) is 4.58. The third kappa shape index (κ3) is 3.94. The molecule has 3 amide bonds. The van der Waals surface area contributed by atoms with E-state index in [1.165, 1.54) is 24.3 Å². The van der Waals surface area contributed by atoms with Gasteiger partial charge < -0.3 is 4.90 Å². The smallest absolute Gasteiger partial charge is 0.294 e. The molecule has 5 nitrogen and oxygen atoms in total. The van der Waals surface area contributed by atoms with Crippen LogP contribution in [0.1, 0.15) is 25.3 Å². The summed E-state index contributed by atoms with van der Waals surface area (Å²) in [7, 11) is 0. The molecular formula is C18H18ClFN2O3S. The topological polar surface area (TPSA) is 57.7 Å². The highest BCUT2D eigenvalue weighted by Gasteiger charge is 2.37. The second-order valence-corrected chi connectivity index (χ2v) is 7.87. The van der Waals surface area contributed by atoms with Crippen molar-refractivity contribution in [1.82, 2.24) is 9.80 Å². The lowest BCUT2D eigenvalue weighted by Gasteiger charge is -2.31. The molecule has 8 heteroatoms. The molecule has 0 atom stereocenters. The van der Waals surface area contributed by atoms with E-state index in [1.807, 2.05) is 0 Å². The minimum atomic E-state index is -0.599. The Morgan fingerprint density at radius 3 is 2.69 bits per heavy atom. The van der Waals surface area contributed by atoms with Gasteiger partial charge in [-0.05, 0) is 48.7 Å². The van der Waals surface area contributed by atoms with Crippen LogP contribution in [0.5, 0.6) is 0 Å². The predicted octanol–water partition coefficient (Wildman–Crippen LogP) is 3.77. The largest absolute Gasteiger partial charge is 0.341 e. The molecule has 0 bridgehead atoms. The number of imide groups is 1. The fourth-order valence-corrected chi connectivity index (χ4v) is 3.95. The second kappa shape index (κ2) is 7.80. The molecular weight excluding hydrogens is 379 g/mol. The lowest BCUT2D eigenvalue weighted by molar-refractivity contribution is -0.136. The Morgan fingerprint density at radius 1 is 1.35 bits per heavy atom. The molecule has 2 aliphatic rings. The minimum absolute atomic E-state index is 0.0519. The molecule has 2 saturated heterocycles. The van der Waals surface area contributed by atoms with Crippen molar-refractivity contribution in [3.8, 4) is 0 Å². The minimum Gasteiger partial charge on any atom is -0.341 e. The van der Waals surface area contributed by atoms with Crippen LogP contribution in [0.4, 0.5) is 9.18 Å². The molecule has 0 aliphatic carbocycles. The molecule has 1 aromatic carbocycles. The summed E-state index contributed by atoms with van der Waals surface area (Å²) in [5.41, 5.74) is 0.0519. The molecule has 0 radical (unpaired) electrons. The monoisotopic (exact) mass is 396 g/mol. The Balaban J connectivity index is 1.73. The number of hydrogen-bond acceptors (Lipinski definition) is 4. The second-order valence-electron chi connectivity index (χ2n) is 6.47. The van der Waals surface area contributed by atoms with E-state index >= 15 is 0 Å². The van der Waals surface area contributed by atoms with E-state index in [9.17, 15) is 18.8 Å². The van der Waals surface area contributed by atoms with E-state index in [0.29, 0.717) is 30.8 Å². The van der Waals surface area contributed by atoms with Gasteiger partial charge in [-0.1, -0.05) is 24.6 Å². The highest BCUT2D eigenvalue weighted by atomic mass is 35.5. The summed E-state index contributed by atoms with van der Waals surface area (Å²) in [5, 5.41) is -0.386. The number of halogens is 2. The highest BCUT2D eigenvalue weighted by molar-refractivity contribution is 8.18. The first-order valence-corrected chi connectivity index (χ1v) is 9.53. The first kappa shape index (κ1) is 18.9. The Kier molecular flexibility index (Phi) is 5.67. The lowest BCUT2D eigenvalue weighted by atomic mass is 9.99. The van der Waals surface area contributed by atoms with Crippen molar-refractivity contribution in [3.05, 3.63) is 39.5 Å². The number of carbonyl (C=O) groups excluding carboxylic acids is 3.